The van der Waals surface area contributed by atoms with Crippen molar-refractivity contribution >= 4 is 11.3 Å². The maximum absolute atomic E-state index is 12.3. The van der Waals surface area contributed by atoms with E-state index in [0.29, 0.717) is 4.88 Å². The first-order valence-corrected chi connectivity index (χ1v) is 3.72. The summed E-state index contributed by atoms with van der Waals surface area (Å²) in [5.41, 5.74) is 5.40. The molecule has 1 rings (SSSR count). The third-order valence-electron chi connectivity index (χ3n) is 1.15. The highest BCUT2D eigenvalue weighted by Crippen LogP contribution is 2.18. The van der Waals surface area contributed by atoms with Crippen molar-refractivity contribution in [2.45, 2.75) is 6.04 Å². The summed E-state index contributed by atoms with van der Waals surface area (Å²) < 4.78 is 12.3. The van der Waals surface area contributed by atoms with Gasteiger partial charge in [0, 0.05) is 10.3 Å². The molecule has 0 bridgehead atoms. The smallest absolute Gasteiger partial charge is 0.134 e. The SMILES string of the molecule is N[C@H](CO)c1cc(F)cs1. The van der Waals surface area contributed by atoms with Gasteiger partial charge in [-0.1, -0.05) is 0 Å². The molecule has 0 fully saturated rings. The van der Waals surface area contributed by atoms with E-state index in [1.807, 2.05) is 0 Å². The lowest BCUT2D eigenvalue weighted by molar-refractivity contribution is 0.269. The van der Waals surface area contributed by atoms with Crippen molar-refractivity contribution in [2.24, 2.45) is 5.73 Å². The Kier molecular flexibility index (Phi) is 2.37. The van der Waals surface area contributed by atoms with E-state index in [-0.39, 0.29) is 12.4 Å². The molecule has 1 aromatic heterocycles. The first-order valence-electron chi connectivity index (χ1n) is 2.84. The van der Waals surface area contributed by atoms with Crippen LogP contribution in [0, 0.1) is 5.82 Å². The quantitative estimate of drug-likeness (QED) is 0.676. The molecule has 56 valence electrons. The van der Waals surface area contributed by atoms with Crippen molar-refractivity contribution in [2.75, 3.05) is 6.61 Å². The van der Waals surface area contributed by atoms with Gasteiger partial charge in [-0.3, -0.25) is 0 Å². The van der Waals surface area contributed by atoms with E-state index in [4.69, 9.17) is 10.8 Å². The summed E-state index contributed by atoms with van der Waals surface area (Å²) in [5.74, 6) is -0.288. The summed E-state index contributed by atoms with van der Waals surface area (Å²) in [6.45, 7) is -0.139. The number of hydrogen-bond donors (Lipinski definition) is 2. The van der Waals surface area contributed by atoms with Gasteiger partial charge in [0.05, 0.1) is 12.6 Å². The summed E-state index contributed by atoms with van der Waals surface area (Å²) >= 11 is 1.22. The van der Waals surface area contributed by atoms with E-state index >= 15 is 0 Å². The van der Waals surface area contributed by atoms with Crippen molar-refractivity contribution in [3.63, 3.8) is 0 Å². The monoisotopic (exact) mass is 161 g/mol. The zero-order chi connectivity index (χ0) is 7.56. The molecule has 0 amide bonds. The van der Waals surface area contributed by atoms with Crippen LogP contribution in [0.1, 0.15) is 10.9 Å². The summed E-state index contributed by atoms with van der Waals surface area (Å²) in [4.78, 5) is 0.681. The number of hydrogen-bond acceptors (Lipinski definition) is 3. The number of halogens is 1. The third-order valence-corrected chi connectivity index (χ3v) is 2.19. The number of aliphatic hydroxyl groups excluding tert-OH is 1. The van der Waals surface area contributed by atoms with Crippen molar-refractivity contribution < 1.29 is 9.50 Å². The number of rotatable bonds is 2. The molecular weight excluding hydrogens is 153 g/mol. The first kappa shape index (κ1) is 7.65. The molecule has 0 aliphatic heterocycles. The molecule has 1 atom stereocenters. The second kappa shape index (κ2) is 3.09. The zero-order valence-electron chi connectivity index (χ0n) is 5.25. The minimum atomic E-state index is -0.436. The third kappa shape index (κ3) is 1.53. The average Bonchev–Trinajstić information content (AvgIpc) is 2.34. The fourth-order valence-corrected chi connectivity index (χ4v) is 1.36. The Morgan fingerprint density at radius 2 is 2.50 bits per heavy atom. The molecule has 2 nitrogen and oxygen atoms in total. The minimum absolute atomic E-state index is 0.139. The highest BCUT2D eigenvalue weighted by Gasteiger charge is 2.06. The predicted octanol–water partition coefficient (Wildman–Crippen LogP) is 0.879. The van der Waals surface area contributed by atoms with Crippen molar-refractivity contribution in [1.82, 2.24) is 0 Å². The second-order valence-corrected chi connectivity index (χ2v) is 2.90. The maximum atomic E-state index is 12.3. The van der Waals surface area contributed by atoms with E-state index in [2.05, 4.69) is 0 Å². The Morgan fingerprint density at radius 1 is 1.80 bits per heavy atom. The zero-order valence-corrected chi connectivity index (χ0v) is 6.07. The molecular formula is C6H8FNOS. The lowest BCUT2D eigenvalue weighted by Gasteiger charge is -2.01. The molecule has 4 heteroatoms. The van der Waals surface area contributed by atoms with Crippen LogP contribution >= 0.6 is 11.3 Å². The molecule has 0 aromatic carbocycles. The molecule has 1 heterocycles. The Bertz CT molecular complexity index is 213. The van der Waals surface area contributed by atoms with Crippen LogP contribution in [-0.4, -0.2) is 11.7 Å². The van der Waals surface area contributed by atoms with E-state index in [0.717, 1.165) is 0 Å². The average molecular weight is 161 g/mol. The Balaban J connectivity index is 2.74. The van der Waals surface area contributed by atoms with Crippen molar-refractivity contribution in [3.05, 3.63) is 22.1 Å². The first-order chi connectivity index (χ1) is 4.74. The molecule has 3 N–H and O–H groups in total. The van der Waals surface area contributed by atoms with Gasteiger partial charge in [-0.15, -0.1) is 11.3 Å². The normalized spacial score (nSPS) is 13.5. The Morgan fingerprint density at radius 3 is 2.90 bits per heavy atom. The predicted molar refractivity (Wildman–Crippen MR) is 38.3 cm³/mol. The fraction of sp³-hybridized carbons (Fsp3) is 0.333. The summed E-state index contributed by atoms with van der Waals surface area (Å²) in [7, 11) is 0. The lowest BCUT2D eigenvalue weighted by atomic mass is 10.3. The van der Waals surface area contributed by atoms with Crippen LogP contribution in [-0.2, 0) is 0 Å². The topological polar surface area (TPSA) is 46.2 Å². The van der Waals surface area contributed by atoms with Gasteiger partial charge >= 0.3 is 0 Å². The Labute approximate surface area is 62.1 Å². The van der Waals surface area contributed by atoms with Gasteiger partial charge in [-0.2, -0.15) is 0 Å². The molecule has 0 aliphatic rings. The highest BCUT2D eigenvalue weighted by atomic mass is 32.1. The van der Waals surface area contributed by atoms with E-state index < -0.39 is 6.04 Å². The van der Waals surface area contributed by atoms with Crippen LogP contribution in [0.2, 0.25) is 0 Å². The van der Waals surface area contributed by atoms with Crippen LogP contribution in [0.3, 0.4) is 0 Å². The van der Waals surface area contributed by atoms with Crippen LogP contribution in [0.15, 0.2) is 11.4 Å². The van der Waals surface area contributed by atoms with E-state index in [1.165, 1.54) is 22.8 Å². The Hall–Kier alpha value is -0.450. The highest BCUT2D eigenvalue weighted by molar-refractivity contribution is 7.10. The number of aliphatic hydroxyl groups is 1. The largest absolute Gasteiger partial charge is 0.394 e. The van der Waals surface area contributed by atoms with Gasteiger partial charge in [0.1, 0.15) is 5.82 Å². The molecule has 0 radical (unpaired) electrons. The van der Waals surface area contributed by atoms with Crippen LogP contribution in [0.5, 0.6) is 0 Å². The number of thiophene rings is 1. The molecule has 0 aliphatic carbocycles. The van der Waals surface area contributed by atoms with Gasteiger partial charge in [-0.05, 0) is 6.07 Å². The van der Waals surface area contributed by atoms with Gasteiger partial charge in [0.25, 0.3) is 0 Å². The van der Waals surface area contributed by atoms with E-state index in [1.54, 1.807) is 0 Å². The summed E-state index contributed by atoms with van der Waals surface area (Å²) in [6.07, 6.45) is 0. The molecule has 0 unspecified atom stereocenters. The van der Waals surface area contributed by atoms with Gasteiger partial charge in [0.15, 0.2) is 0 Å². The van der Waals surface area contributed by atoms with Crippen LogP contribution in [0.25, 0.3) is 0 Å². The molecule has 0 saturated carbocycles. The molecule has 10 heavy (non-hydrogen) atoms. The summed E-state index contributed by atoms with van der Waals surface area (Å²) in [5, 5.41) is 9.92. The van der Waals surface area contributed by atoms with Gasteiger partial charge in [-0.25, -0.2) is 4.39 Å². The maximum Gasteiger partial charge on any atom is 0.134 e. The summed E-state index contributed by atoms with van der Waals surface area (Å²) in [6, 6.07) is 0.903. The van der Waals surface area contributed by atoms with Crippen molar-refractivity contribution in [3.8, 4) is 0 Å². The molecule has 0 spiro atoms. The second-order valence-electron chi connectivity index (χ2n) is 1.96. The standard InChI is InChI=1S/C6H8FNOS/c7-4-1-6(10-3-4)5(8)2-9/h1,3,5,9H,2,8H2/t5-/m1/s1. The number of nitrogens with two attached hydrogens (primary N) is 1. The minimum Gasteiger partial charge on any atom is -0.394 e. The van der Waals surface area contributed by atoms with Crippen molar-refractivity contribution in [1.29, 1.82) is 0 Å². The van der Waals surface area contributed by atoms with Crippen LogP contribution < -0.4 is 5.73 Å². The molecule has 0 saturated heterocycles. The van der Waals surface area contributed by atoms with E-state index in [9.17, 15) is 4.39 Å². The lowest BCUT2D eigenvalue weighted by Crippen LogP contribution is -2.12. The van der Waals surface area contributed by atoms with Gasteiger partial charge in [0.2, 0.25) is 0 Å². The molecule has 1 aromatic rings. The van der Waals surface area contributed by atoms with Crippen LogP contribution in [0.4, 0.5) is 4.39 Å². The fourth-order valence-electron chi connectivity index (χ4n) is 0.613. The van der Waals surface area contributed by atoms with Gasteiger partial charge < -0.3 is 10.8 Å².